The molecule has 1 heterocycles. The van der Waals surface area contributed by atoms with E-state index in [0.717, 1.165) is 35.6 Å². The van der Waals surface area contributed by atoms with Crippen molar-refractivity contribution in [1.29, 1.82) is 0 Å². The fraction of sp³-hybridized carbons (Fsp3) is 0.500. The number of nitrogens with two attached hydrogens (primary N) is 1. The molecule has 3 N–H and O–H groups in total. The van der Waals surface area contributed by atoms with Crippen LogP contribution in [0.3, 0.4) is 0 Å². The highest BCUT2D eigenvalue weighted by Crippen LogP contribution is 2.37. The molecule has 106 valence electrons. The number of rotatable bonds is 4. The fourth-order valence-corrected chi connectivity index (χ4v) is 3.10. The standard InChI is InChI=1S/C16H22N4/c1-12-15(18-11-16(10-17)8-4-5-9-16)20-14-7-3-2-6-13(14)19-12/h2-3,6-7H,4-5,8-11,17H2,1H3,(H,18,20). The average molecular weight is 270 g/mol. The third-order valence-corrected chi connectivity index (χ3v) is 4.47. The Morgan fingerprint density at radius 3 is 2.45 bits per heavy atom. The van der Waals surface area contributed by atoms with E-state index in [1.807, 2.05) is 31.2 Å². The van der Waals surface area contributed by atoms with Gasteiger partial charge in [0.15, 0.2) is 0 Å². The molecule has 4 nitrogen and oxygen atoms in total. The molecule has 1 aliphatic carbocycles. The van der Waals surface area contributed by atoms with Crippen molar-refractivity contribution in [2.24, 2.45) is 11.1 Å². The van der Waals surface area contributed by atoms with Gasteiger partial charge in [-0.3, -0.25) is 0 Å². The van der Waals surface area contributed by atoms with Gasteiger partial charge in [0.1, 0.15) is 5.82 Å². The van der Waals surface area contributed by atoms with Gasteiger partial charge in [-0.25, -0.2) is 9.97 Å². The van der Waals surface area contributed by atoms with E-state index in [1.54, 1.807) is 0 Å². The van der Waals surface area contributed by atoms with Crippen LogP contribution >= 0.6 is 0 Å². The van der Waals surface area contributed by atoms with E-state index in [1.165, 1.54) is 25.7 Å². The molecule has 2 aromatic rings. The van der Waals surface area contributed by atoms with E-state index in [9.17, 15) is 0 Å². The Hall–Kier alpha value is -1.68. The SMILES string of the molecule is Cc1nc2ccccc2nc1NCC1(CN)CCCC1. The summed E-state index contributed by atoms with van der Waals surface area (Å²) < 4.78 is 0. The van der Waals surface area contributed by atoms with Gasteiger partial charge >= 0.3 is 0 Å². The molecule has 0 amide bonds. The van der Waals surface area contributed by atoms with Crippen LogP contribution < -0.4 is 11.1 Å². The van der Waals surface area contributed by atoms with Gasteiger partial charge in [-0.05, 0) is 43.9 Å². The van der Waals surface area contributed by atoms with Gasteiger partial charge in [-0.1, -0.05) is 25.0 Å². The lowest BCUT2D eigenvalue weighted by atomic mass is 9.86. The molecule has 0 saturated heterocycles. The molecule has 3 rings (SSSR count). The molecule has 0 atom stereocenters. The molecule has 0 radical (unpaired) electrons. The number of hydrogen-bond donors (Lipinski definition) is 2. The number of para-hydroxylation sites is 2. The molecule has 1 aromatic heterocycles. The molecular formula is C16H22N4. The second kappa shape index (κ2) is 5.37. The van der Waals surface area contributed by atoms with E-state index in [4.69, 9.17) is 5.73 Å². The first-order valence-corrected chi connectivity index (χ1v) is 7.40. The monoisotopic (exact) mass is 270 g/mol. The Morgan fingerprint density at radius 2 is 1.80 bits per heavy atom. The van der Waals surface area contributed by atoms with Gasteiger partial charge in [-0.15, -0.1) is 0 Å². The third kappa shape index (κ3) is 2.48. The Kier molecular flexibility index (Phi) is 3.57. The summed E-state index contributed by atoms with van der Waals surface area (Å²) in [6.07, 6.45) is 5.02. The predicted molar refractivity (Wildman–Crippen MR) is 82.7 cm³/mol. The predicted octanol–water partition coefficient (Wildman–Crippen LogP) is 2.87. The molecule has 4 heteroatoms. The largest absolute Gasteiger partial charge is 0.368 e. The summed E-state index contributed by atoms with van der Waals surface area (Å²) in [4.78, 5) is 9.30. The van der Waals surface area contributed by atoms with E-state index < -0.39 is 0 Å². The van der Waals surface area contributed by atoms with Gasteiger partial charge in [0, 0.05) is 6.54 Å². The Labute approximate surface area is 119 Å². The first-order chi connectivity index (χ1) is 9.72. The van der Waals surface area contributed by atoms with E-state index in [-0.39, 0.29) is 5.41 Å². The highest BCUT2D eigenvalue weighted by molar-refractivity contribution is 5.76. The van der Waals surface area contributed by atoms with E-state index in [2.05, 4.69) is 15.3 Å². The summed E-state index contributed by atoms with van der Waals surface area (Å²) in [6, 6.07) is 7.98. The molecule has 0 bridgehead atoms. The van der Waals surface area contributed by atoms with Crippen molar-refractivity contribution in [1.82, 2.24) is 9.97 Å². The van der Waals surface area contributed by atoms with Crippen molar-refractivity contribution in [3.05, 3.63) is 30.0 Å². The average Bonchev–Trinajstić information content (AvgIpc) is 2.94. The van der Waals surface area contributed by atoms with Crippen LogP contribution in [0.25, 0.3) is 11.0 Å². The van der Waals surface area contributed by atoms with Gasteiger partial charge in [0.2, 0.25) is 0 Å². The van der Waals surface area contributed by atoms with Crippen LogP contribution in [-0.2, 0) is 0 Å². The molecule has 1 aromatic carbocycles. The van der Waals surface area contributed by atoms with Crippen molar-refractivity contribution in [2.45, 2.75) is 32.6 Å². The minimum absolute atomic E-state index is 0.250. The van der Waals surface area contributed by atoms with E-state index in [0.29, 0.717) is 0 Å². The van der Waals surface area contributed by atoms with Crippen molar-refractivity contribution in [3.8, 4) is 0 Å². The van der Waals surface area contributed by atoms with Crippen molar-refractivity contribution >= 4 is 16.9 Å². The smallest absolute Gasteiger partial charge is 0.148 e. The van der Waals surface area contributed by atoms with Gasteiger partial charge in [0.05, 0.1) is 16.7 Å². The fourth-order valence-electron chi connectivity index (χ4n) is 3.10. The molecular weight excluding hydrogens is 248 g/mol. The lowest BCUT2D eigenvalue weighted by Gasteiger charge is -2.27. The quantitative estimate of drug-likeness (QED) is 0.896. The van der Waals surface area contributed by atoms with Gasteiger partial charge in [0.25, 0.3) is 0 Å². The number of nitrogens with zero attached hydrogens (tertiary/aromatic N) is 2. The molecule has 1 saturated carbocycles. The molecule has 0 unspecified atom stereocenters. The van der Waals surface area contributed by atoms with Crippen LogP contribution in [0.5, 0.6) is 0 Å². The number of nitrogens with one attached hydrogen (secondary N) is 1. The Balaban J connectivity index is 1.81. The zero-order valence-electron chi connectivity index (χ0n) is 12.0. The summed E-state index contributed by atoms with van der Waals surface area (Å²) in [6.45, 7) is 3.66. The van der Waals surface area contributed by atoms with Crippen LogP contribution in [0, 0.1) is 12.3 Å². The van der Waals surface area contributed by atoms with Crippen LogP contribution in [0.4, 0.5) is 5.82 Å². The number of aromatic nitrogens is 2. The zero-order valence-corrected chi connectivity index (χ0v) is 12.0. The minimum Gasteiger partial charge on any atom is -0.368 e. The van der Waals surface area contributed by atoms with Crippen LogP contribution in [0.1, 0.15) is 31.4 Å². The number of anilines is 1. The number of fused-ring (bicyclic) bond motifs is 1. The second-order valence-electron chi connectivity index (χ2n) is 5.91. The number of aryl methyl sites for hydroxylation is 1. The Bertz CT molecular complexity index is 602. The van der Waals surface area contributed by atoms with Crippen molar-refractivity contribution in [2.75, 3.05) is 18.4 Å². The number of hydrogen-bond acceptors (Lipinski definition) is 4. The molecule has 1 fully saturated rings. The van der Waals surface area contributed by atoms with Crippen molar-refractivity contribution in [3.63, 3.8) is 0 Å². The molecule has 0 spiro atoms. The minimum atomic E-state index is 0.250. The maximum Gasteiger partial charge on any atom is 0.148 e. The van der Waals surface area contributed by atoms with Gasteiger partial charge in [-0.2, -0.15) is 0 Å². The Morgan fingerprint density at radius 1 is 1.15 bits per heavy atom. The molecule has 0 aliphatic heterocycles. The summed E-state index contributed by atoms with van der Waals surface area (Å²) in [5.41, 5.74) is 9.08. The van der Waals surface area contributed by atoms with E-state index >= 15 is 0 Å². The van der Waals surface area contributed by atoms with Crippen LogP contribution in [0.15, 0.2) is 24.3 Å². The summed E-state index contributed by atoms with van der Waals surface area (Å²) >= 11 is 0. The van der Waals surface area contributed by atoms with Crippen molar-refractivity contribution < 1.29 is 0 Å². The van der Waals surface area contributed by atoms with Crippen LogP contribution in [-0.4, -0.2) is 23.1 Å². The van der Waals surface area contributed by atoms with Crippen LogP contribution in [0.2, 0.25) is 0 Å². The number of benzene rings is 1. The topological polar surface area (TPSA) is 63.8 Å². The lowest BCUT2D eigenvalue weighted by Crippen LogP contribution is -2.35. The third-order valence-electron chi connectivity index (χ3n) is 4.47. The molecule has 1 aliphatic rings. The maximum absolute atomic E-state index is 5.99. The zero-order chi connectivity index (χ0) is 14.0. The summed E-state index contributed by atoms with van der Waals surface area (Å²) in [7, 11) is 0. The summed E-state index contributed by atoms with van der Waals surface area (Å²) in [5, 5.41) is 3.49. The first kappa shape index (κ1) is 13.3. The first-order valence-electron chi connectivity index (χ1n) is 7.40. The maximum atomic E-state index is 5.99. The lowest BCUT2D eigenvalue weighted by molar-refractivity contribution is 0.332. The summed E-state index contributed by atoms with van der Waals surface area (Å²) in [5.74, 6) is 0.892. The molecule has 20 heavy (non-hydrogen) atoms. The second-order valence-corrected chi connectivity index (χ2v) is 5.91. The highest BCUT2D eigenvalue weighted by Gasteiger charge is 2.32. The van der Waals surface area contributed by atoms with Gasteiger partial charge < -0.3 is 11.1 Å². The highest BCUT2D eigenvalue weighted by atomic mass is 15.0. The normalized spacial score (nSPS) is 17.5.